The van der Waals surface area contributed by atoms with Crippen LogP contribution in [0.2, 0.25) is 0 Å². The third-order valence-electron chi connectivity index (χ3n) is 6.62. The lowest BCUT2D eigenvalue weighted by molar-refractivity contribution is -0.137. The average molecular weight is 635 g/mol. The minimum absolute atomic E-state index is 0.00409. The number of alkyl halides is 3. The molecular formula is C30H33F3N4O4S2. The van der Waals surface area contributed by atoms with Gasteiger partial charge < -0.3 is 16.0 Å². The predicted molar refractivity (Wildman–Crippen MR) is 161 cm³/mol. The summed E-state index contributed by atoms with van der Waals surface area (Å²) in [6.07, 6.45) is -4.61. The number of hydrogen-bond acceptors (Lipinski definition) is 6. The number of benzene rings is 3. The van der Waals surface area contributed by atoms with E-state index in [2.05, 4.69) is 10.0 Å². The minimum atomic E-state index is -4.57. The Labute approximate surface area is 253 Å². The van der Waals surface area contributed by atoms with Crippen molar-refractivity contribution in [2.75, 3.05) is 17.2 Å². The molecule has 1 atom stereocenters. The summed E-state index contributed by atoms with van der Waals surface area (Å²) in [6, 6.07) is 15.7. The van der Waals surface area contributed by atoms with Crippen molar-refractivity contribution >= 4 is 39.3 Å². The van der Waals surface area contributed by atoms with Crippen molar-refractivity contribution in [2.24, 2.45) is 5.73 Å². The van der Waals surface area contributed by atoms with Gasteiger partial charge in [0.25, 0.3) is 5.91 Å². The molecule has 43 heavy (non-hydrogen) atoms. The summed E-state index contributed by atoms with van der Waals surface area (Å²) in [7, 11) is -3.74. The van der Waals surface area contributed by atoms with Crippen LogP contribution in [-0.2, 0) is 32.3 Å². The number of rotatable bonds is 9. The van der Waals surface area contributed by atoms with Crippen LogP contribution in [0.5, 0.6) is 0 Å². The Hall–Kier alpha value is -3.39. The van der Waals surface area contributed by atoms with E-state index in [0.29, 0.717) is 22.4 Å². The van der Waals surface area contributed by atoms with Gasteiger partial charge in [0.05, 0.1) is 22.7 Å². The summed E-state index contributed by atoms with van der Waals surface area (Å²) in [5.41, 5.74) is 6.37. The Morgan fingerprint density at radius 1 is 1.07 bits per heavy atom. The topological polar surface area (TPSA) is 122 Å². The second-order valence-corrected chi connectivity index (χ2v) is 13.7. The summed E-state index contributed by atoms with van der Waals surface area (Å²) in [6.45, 7) is 5.28. The van der Waals surface area contributed by atoms with Crippen molar-refractivity contribution < 1.29 is 31.2 Å². The molecule has 13 heteroatoms. The maximum atomic E-state index is 13.8. The first kappa shape index (κ1) is 32.5. The smallest absolute Gasteiger partial charge is 0.343 e. The highest BCUT2D eigenvalue weighted by Gasteiger charge is 2.36. The molecule has 0 radical (unpaired) electrons. The standard InChI is InChI=1S/C30H33F3N4O4S2/c1-4-35-43(40,41)26-8-6-5-7-22(26)20-11-9-19(10-12-20)17-37-24-14-13-21(30(31,32)33)15-25(24)42-18-23(28(37)39)36-27(38)16-29(2,3)34/h5-15,23,35H,4,16-18,34H2,1-3H3,(H,36,38)/t23-/m1/s1. The number of carbonyl (C=O) groups is 2. The average Bonchev–Trinajstić information content (AvgIpc) is 3.04. The largest absolute Gasteiger partial charge is 0.416 e. The van der Waals surface area contributed by atoms with Crippen molar-refractivity contribution in [1.82, 2.24) is 10.0 Å². The highest BCUT2D eigenvalue weighted by molar-refractivity contribution is 7.99. The number of nitrogens with two attached hydrogens (primary N) is 1. The van der Waals surface area contributed by atoms with Gasteiger partial charge >= 0.3 is 6.18 Å². The summed E-state index contributed by atoms with van der Waals surface area (Å²) in [4.78, 5) is 28.2. The number of halogens is 3. The maximum absolute atomic E-state index is 13.8. The van der Waals surface area contributed by atoms with Crippen LogP contribution in [0.15, 0.2) is 76.5 Å². The molecule has 4 rings (SSSR count). The third-order valence-corrected chi connectivity index (χ3v) is 9.36. The lowest BCUT2D eigenvalue weighted by Crippen LogP contribution is -2.51. The van der Waals surface area contributed by atoms with Crippen LogP contribution in [0.1, 0.15) is 38.3 Å². The zero-order valence-corrected chi connectivity index (χ0v) is 25.5. The molecule has 0 bridgehead atoms. The second-order valence-electron chi connectivity index (χ2n) is 10.9. The van der Waals surface area contributed by atoms with E-state index in [0.717, 1.165) is 23.9 Å². The van der Waals surface area contributed by atoms with Crippen LogP contribution in [0.4, 0.5) is 18.9 Å². The molecule has 0 saturated carbocycles. The van der Waals surface area contributed by atoms with Gasteiger partial charge in [0.15, 0.2) is 0 Å². The quantitative estimate of drug-likeness (QED) is 0.307. The van der Waals surface area contributed by atoms with E-state index < -0.39 is 45.2 Å². The number of thioether (sulfide) groups is 1. The number of nitrogens with one attached hydrogen (secondary N) is 2. The number of sulfonamides is 1. The molecule has 1 aliphatic heterocycles. The van der Waals surface area contributed by atoms with Gasteiger partial charge in [-0.05, 0) is 49.2 Å². The van der Waals surface area contributed by atoms with Gasteiger partial charge in [-0.3, -0.25) is 9.59 Å². The first-order valence-corrected chi connectivity index (χ1v) is 16.0. The fourth-order valence-electron chi connectivity index (χ4n) is 4.69. The lowest BCUT2D eigenvalue weighted by Gasteiger charge is -2.27. The third kappa shape index (κ3) is 7.96. The van der Waals surface area contributed by atoms with Crippen LogP contribution in [0, 0.1) is 0 Å². The van der Waals surface area contributed by atoms with Crippen molar-refractivity contribution in [3.8, 4) is 11.1 Å². The van der Waals surface area contributed by atoms with Crippen molar-refractivity contribution in [3.05, 3.63) is 77.9 Å². The first-order valence-electron chi connectivity index (χ1n) is 13.5. The van der Waals surface area contributed by atoms with Gasteiger partial charge in [-0.1, -0.05) is 49.4 Å². The molecule has 1 heterocycles. The summed E-state index contributed by atoms with van der Waals surface area (Å²) in [5, 5.41) is 2.71. The molecule has 0 spiro atoms. The van der Waals surface area contributed by atoms with Gasteiger partial charge in [-0.15, -0.1) is 11.8 Å². The fraction of sp³-hybridized carbons (Fsp3) is 0.333. The Balaban J connectivity index is 1.67. The van der Waals surface area contributed by atoms with Crippen molar-refractivity contribution in [3.63, 3.8) is 0 Å². The van der Waals surface area contributed by atoms with Crippen molar-refractivity contribution in [1.29, 1.82) is 0 Å². The molecule has 4 N–H and O–H groups in total. The zero-order chi connectivity index (χ0) is 31.6. The molecular weight excluding hydrogens is 601 g/mol. The predicted octanol–water partition coefficient (Wildman–Crippen LogP) is 4.92. The molecule has 3 aromatic rings. The number of carbonyl (C=O) groups excluding carboxylic acids is 2. The first-order chi connectivity index (χ1) is 20.1. The van der Waals surface area contributed by atoms with Gasteiger partial charge in [0.2, 0.25) is 15.9 Å². The number of anilines is 1. The summed E-state index contributed by atoms with van der Waals surface area (Å²) in [5.74, 6) is -0.875. The summed E-state index contributed by atoms with van der Waals surface area (Å²) < 4.78 is 68.5. The Bertz CT molecular complexity index is 1600. The van der Waals surface area contributed by atoms with E-state index >= 15 is 0 Å². The number of amides is 2. The highest BCUT2D eigenvalue weighted by atomic mass is 32.2. The minimum Gasteiger partial charge on any atom is -0.343 e. The van der Waals surface area contributed by atoms with Crippen LogP contribution in [0.25, 0.3) is 11.1 Å². The Morgan fingerprint density at radius 2 is 1.74 bits per heavy atom. The van der Waals surface area contributed by atoms with E-state index in [-0.39, 0.29) is 35.1 Å². The lowest BCUT2D eigenvalue weighted by atomic mass is 10.0. The molecule has 8 nitrogen and oxygen atoms in total. The number of nitrogens with zero attached hydrogens (tertiary/aromatic N) is 1. The normalized spacial score (nSPS) is 16.0. The molecule has 0 aromatic heterocycles. The molecule has 3 aromatic carbocycles. The van der Waals surface area contributed by atoms with Crippen LogP contribution >= 0.6 is 11.8 Å². The molecule has 0 fully saturated rings. The molecule has 2 amide bonds. The van der Waals surface area contributed by atoms with Gasteiger partial charge in [-0.25, -0.2) is 13.1 Å². The van der Waals surface area contributed by atoms with E-state index in [9.17, 15) is 31.2 Å². The molecule has 230 valence electrons. The summed E-state index contributed by atoms with van der Waals surface area (Å²) >= 11 is 1.06. The number of fused-ring (bicyclic) bond motifs is 1. The Kier molecular flexibility index (Phi) is 9.60. The number of hydrogen-bond donors (Lipinski definition) is 3. The van der Waals surface area contributed by atoms with Crippen LogP contribution in [0.3, 0.4) is 0 Å². The van der Waals surface area contributed by atoms with E-state index in [4.69, 9.17) is 5.73 Å². The zero-order valence-electron chi connectivity index (χ0n) is 23.9. The molecule has 1 aliphatic rings. The van der Waals surface area contributed by atoms with E-state index in [1.165, 1.54) is 17.0 Å². The second kappa shape index (κ2) is 12.7. The van der Waals surface area contributed by atoms with Crippen LogP contribution in [-0.4, -0.2) is 44.1 Å². The van der Waals surface area contributed by atoms with Gasteiger partial charge in [-0.2, -0.15) is 13.2 Å². The van der Waals surface area contributed by atoms with E-state index in [1.807, 2.05) is 0 Å². The Morgan fingerprint density at radius 3 is 2.37 bits per heavy atom. The SMILES string of the molecule is CCNS(=O)(=O)c1ccccc1-c1ccc(CN2C(=O)[C@H](NC(=O)CC(C)(C)N)CSc3cc(C(F)(F)F)ccc32)cc1. The van der Waals surface area contributed by atoms with Gasteiger partial charge in [0, 0.05) is 34.7 Å². The maximum Gasteiger partial charge on any atom is 0.416 e. The highest BCUT2D eigenvalue weighted by Crippen LogP contribution is 2.40. The fourth-order valence-corrected chi connectivity index (χ4v) is 7.06. The molecule has 0 unspecified atom stereocenters. The van der Waals surface area contributed by atoms with Crippen molar-refractivity contribution in [2.45, 2.75) is 61.3 Å². The van der Waals surface area contributed by atoms with Crippen LogP contribution < -0.4 is 20.7 Å². The monoisotopic (exact) mass is 634 g/mol. The van der Waals surface area contributed by atoms with E-state index in [1.54, 1.807) is 63.2 Å². The molecule has 0 aliphatic carbocycles. The van der Waals surface area contributed by atoms with Gasteiger partial charge in [0.1, 0.15) is 6.04 Å². The molecule has 0 saturated heterocycles.